The number of benzene rings is 1. The molecule has 0 aromatic heterocycles. The van der Waals surface area contributed by atoms with E-state index in [9.17, 15) is 9.59 Å². The molecule has 1 aromatic carbocycles. The van der Waals surface area contributed by atoms with Crippen molar-refractivity contribution in [3.8, 4) is 0 Å². The summed E-state index contributed by atoms with van der Waals surface area (Å²) in [5.74, 6) is 0.125. The number of carbonyl (C=O) groups is 2. The highest BCUT2D eigenvalue weighted by Gasteiger charge is 2.28. The van der Waals surface area contributed by atoms with Gasteiger partial charge in [0.25, 0.3) is 0 Å². The summed E-state index contributed by atoms with van der Waals surface area (Å²) in [5, 5.41) is 6.18. The Kier molecular flexibility index (Phi) is 3.82. The van der Waals surface area contributed by atoms with Crippen LogP contribution in [0.1, 0.15) is 48.9 Å². The van der Waals surface area contributed by atoms with Gasteiger partial charge in [0.05, 0.1) is 11.4 Å². The number of fused-ring (bicyclic) bond motifs is 1. The number of nitrogens with two attached hydrogens (primary N) is 1. The van der Waals surface area contributed by atoms with Gasteiger partial charge in [0, 0.05) is 5.56 Å². The molecule has 5 heteroatoms. The van der Waals surface area contributed by atoms with Crippen molar-refractivity contribution in [1.29, 1.82) is 0 Å². The number of anilines is 2. The minimum absolute atomic E-state index is 0.0188. The van der Waals surface area contributed by atoms with Gasteiger partial charge >= 0.3 is 0 Å². The van der Waals surface area contributed by atoms with E-state index in [4.69, 9.17) is 5.73 Å². The van der Waals surface area contributed by atoms with Gasteiger partial charge in [0.2, 0.25) is 11.8 Å². The van der Waals surface area contributed by atoms with Crippen molar-refractivity contribution in [3.05, 3.63) is 23.8 Å². The lowest BCUT2D eigenvalue weighted by Gasteiger charge is -2.31. The molecule has 1 aliphatic carbocycles. The molecule has 1 fully saturated rings. The summed E-state index contributed by atoms with van der Waals surface area (Å²) in [7, 11) is 0. The van der Waals surface area contributed by atoms with Crippen LogP contribution >= 0.6 is 0 Å². The Morgan fingerprint density at radius 1 is 1.19 bits per heavy atom. The smallest absolute Gasteiger partial charge is 0.248 e. The Balaban J connectivity index is 1.72. The Morgan fingerprint density at radius 2 is 1.95 bits per heavy atom. The summed E-state index contributed by atoms with van der Waals surface area (Å²) < 4.78 is 0. The van der Waals surface area contributed by atoms with Gasteiger partial charge in [-0.1, -0.05) is 32.1 Å². The summed E-state index contributed by atoms with van der Waals surface area (Å²) in [6, 6.07) is 4.94. The molecule has 5 nitrogen and oxygen atoms in total. The second-order valence-electron chi connectivity index (χ2n) is 6.05. The van der Waals surface area contributed by atoms with Crippen LogP contribution in [0.25, 0.3) is 0 Å². The summed E-state index contributed by atoms with van der Waals surface area (Å²) in [5.41, 5.74) is 7.16. The normalized spacial score (nSPS) is 22.1. The molecule has 0 bridgehead atoms. The van der Waals surface area contributed by atoms with Crippen molar-refractivity contribution in [1.82, 2.24) is 0 Å². The molecule has 0 saturated heterocycles. The highest BCUT2D eigenvalue weighted by atomic mass is 16.2. The van der Waals surface area contributed by atoms with E-state index in [0.29, 0.717) is 17.2 Å². The standard InChI is InChI=1S/C16H21N3O2/c17-15(20)11-6-7-12-13(9-11)19-16(21)14(18-12)8-10-4-2-1-3-5-10/h6-7,9-10,14,18H,1-5,8H2,(H2,17,20)(H,19,21)/t14-/m0/s1. The summed E-state index contributed by atoms with van der Waals surface area (Å²) in [6.45, 7) is 0. The number of primary amides is 1. The third-order valence-corrected chi connectivity index (χ3v) is 4.50. The summed E-state index contributed by atoms with van der Waals surface area (Å²) >= 11 is 0. The first kappa shape index (κ1) is 13.9. The number of amides is 2. The average Bonchev–Trinajstić information content (AvgIpc) is 2.48. The molecule has 1 saturated carbocycles. The Morgan fingerprint density at radius 3 is 2.67 bits per heavy atom. The molecular formula is C16H21N3O2. The van der Waals surface area contributed by atoms with Crippen molar-refractivity contribution in [3.63, 3.8) is 0 Å². The predicted octanol–water partition coefficient (Wildman–Crippen LogP) is 2.49. The first-order valence-electron chi connectivity index (χ1n) is 7.65. The molecule has 1 aromatic rings. The number of carbonyl (C=O) groups excluding carboxylic acids is 2. The maximum absolute atomic E-state index is 12.2. The van der Waals surface area contributed by atoms with Gasteiger partial charge in [-0.05, 0) is 30.5 Å². The van der Waals surface area contributed by atoms with E-state index in [1.807, 2.05) is 6.07 Å². The van der Waals surface area contributed by atoms with Gasteiger partial charge in [0.1, 0.15) is 6.04 Å². The van der Waals surface area contributed by atoms with E-state index in [2.05, 4.69) is 10.6 Å². The van der Waals surface area contributed by atoms with Gasteiger partial charge in [-0.25, -0.2) is 0 Å². The first-order valence-corrected chi connectivity index (χ1v) is 7.65. The van der Waals surface area contributed by atoms with Crippen LogP contribution in [-0.2, 0) is 4.79 Å². The fraction of sp³-hybridized carbons (Fsp3) is 0.500. The maximum Gasteiger partial charge on any atom is 0.248 e. The molecular weight excluding hydrogens is 266 g/mol. The van der Waals surface area contributed by atoms with Crippen molar-refractivity contribution in [2.24, 2.45) is 11.7 Å². The highest BCUT2D eigenvalue weighted by molar-refractivity contribution is 6.05. The average molecular weight is 287 g/mol. The fourth-order valence-electron chi connectivity index (χ4n) is 3.32. The van der Waals surface area contributed by atoms with Gasteiger partial charge in [-0.2, -0.15) is 0 Å². The second-order valence-corrected chi connectivity index (χ2v) is 6.05. The molecule has 21 heavy (non-hydrogen) atoms. The van der Waals surface area contributed by atoms with Crippen LogP contribution in [0.2, 0.25) is 0 Å². The van der Waals surface area contributed by atoms with Crippen LogP contribution < -0.4 is 16.4 Å². The molecule has 0 radical (unpaired) electrons. The first-order chi connectivity index (χ1) is 10.1. The Bertz CT molecular complexity index is 565. The second kappa shape index (κ2) is 5.76. The maximum atomic E-state index is 12.2. The SMILES string of the molecule is NC(=O)c1ccc2c(c1)NC(=O)[C@H](CC1CCCCC1)N2. The molecule has 3 rings (SSSR count). The van der Waals surface area contributed by atoms with Crippen molar-refractivity contribution < 1.29 is 9.59 Å². The number of hydrogen-bond acceptors (Lipinski definition) is 3. The van der Waals surface area contributed by atoms with E-state index in [1.165, 1.54) is 32.1 Å². The van der Waals surface area contributed by atoms with Gasteiger partial charge in [-0.3, -0.25) is 9.59 Å². The van der Waals surface area contributed by atoms with Gasteiger partial charge in [0.15, 0.2) is 0 Å². The van der Waals surface area contributed by atoms with Gasteiger partial charge < -0.3 is 16.4 Å². The Hall–Kier alpha value is -2.04. The third kappa shape index (κ3) is 3.01. The summed E-state index contributed by atoms with van der Waals surface area (Å²) in [4.78, 5) is 23.4. The van der Waals surface area contributed by atoms with Crippen molar-refractivity contribution >= 4 is 23.2 Å². The van der Waals surface area contributed by atoms with Crippen LogP contribution in [0, 0.1) is 5.92 Å². The Labute approximate surface area is 124 Å². The zero-order valence-corrected chi connectivity index (χ0v) is 12.0. The fourth-order valence-corrected chi connectivity index (χ4v) is 3.32. The molecule has 112 valence electrons. The van der Waals surface area contributed by atoms with Crippen LogP contribution in [0.15, 0.2) is 18.2 Å². The van der Waals surface area contributed by atoms with Gasteiger partial charge in [-0.15, -0.1) is 0 Å². The quantitative estimate of drug-likeness (QED) is 0.798. The molecule has 0 unspecified atom stereocenters. The van der Waals surface area contributed by atoms with Crippen LogP contribution in [-0.4, -0.2) is 17.9 Å². The molecule has 0 spiro atoms. The van der Waals surface area contributed by atoms with Crippen LogP contribution in [0.4, 0.5) is 11.4 Å². The lowest BCUT2D eigenvalue weighted by Crippen LogP contribution is -2.40. The molecule has 2 aliphatic rings. The van der Waals surface area contributed by atoms with Crippen LogP contribution in [0.5, 0.6) is 0 Å². The van der Waals surface area contributed by atoms with Crippen LogP contribution in [0.3, 0.4) is 0 Å². The van der Waals surface area contributed by atoms with E-state index >= 15 is 0 Å². The molecule has 1 heterocycles. The number of rotatable bonds is 3. The molecule has 2 amide bonds. The zero-order chi connectivity index (χ0) is 14.8. The molecule has 1 aliphatic heterocycles. The zero-order valence-electron chi connectivity index (χ0n) is 12.0. The number of nitrogens with one attached hydrogen (secondary N) is 2. The van der Waals surface area contributed by atoms with E-state index in [-0.39, 0.29) is 11.9 Å². The molecule has 1 atom stereocenters. The lowest BCUT2D eigenvalue weighted by atomic mass is 9.84. The third-order valence-electron chi connectivity index (χ3n) is 4.50. The topological polar surface area (TPSA) is 84.2 Å². The van der Waals surface area contributed by atoms with E-state index in [0.717, 1.165) is 12.1 Å². The van der Waals surface area contributed by atoms with Crippen molar-refractivity contribution in [2.45, 2.75) is 44.6 Å². The number of hydrogen-bond donors (Lipinski definition) is 3. The predicted molar refractivity (Wildman–Crippen MR) is 82.2 cm³/mol. The molecule has 4 N–H and O–H groups in total. The largest absolute Gasteiger partial charge is 0.372 e. The van der Waals surface area contributed by atoms with Crippen molar-refractivity contribution in [2.75, 3.05) is 10.6 Å². The highest BCUT2D eigenvalue weighted by Crippen LogP contribution is 2.32. The lowest BCUT2D eigenvalue weighted by molar-refractivity contribution is -0.117. The minimum Gasteiger partial charge on any atom is -0.372 e. The van der Waals surface area contributed by atoms with E-state index in [1.54, 1.807) is 12.1 Å². The monoisotopic (exact) mass is 287 g/mol. The van der Waals surface area contributed by atoms with E-state index < -0.39 is 5.91 Å². The minimum atomic E-state index is -0.489. The summed E-state index contributed by atoms with van der Waals surface area (Å²) in [6.07, 6.45) is 7.19.